The van der Waals surface area contributed by atoms with E-state index in [4.69, 9.17) is 21.1 Å². The van der Waals surface area contributed by atoms with Gasteiger partial charge in [0.05, 0.1) is 32.1 Å². The Morgan fingerprint density at radius 3 is 2.22 bits per heavy atom. The summed E-state index contributed by atoms with van der Waals surface area (Å²) < 4.78 is 39.2. The second-order valence-corrected chi connectivity index (χ2v) is 9.95. The van der Waals surface area contributed by atoms with Gasteiger partial charge in [-0.1, -0.05) is 23.7 Å². The number of hydrogen-bond donors (Lipinski definition) is 1. The van der Waals surface area contributed by atoms with E-state index in [2.05, 4.69) is 5.32 Å². The molecule has 8 nitrogen and oxygen atoms in total. The van der Waals surface area contributed by atoms with Gasteiger partial charge in [-0.3, -0.25) is 4.79 Å². The lowest BCUT2D eigenvalue weighted by atomic mass is 10.1. The molecule has 0 atom stereocenters. The van der Waals surface area contributed by atoms with Crippen molar-refractivity contribution in [3.63, 3.8) is 0 Å². The Morgan fingerprint density at radius 2 is 1.56 bits per heavy atom. The van der Waals surface area contributed by atoms with Crippen LogP contribution in [0.1, 0.15) is 15.9 Å². The van der Waals surface area contributed by atoms with Gasteiger partial charge in [0, 0.05) is 43.3 Å². The normalized spacial score (nSPS) is 17.8. The van der Waals surface area contributed by atoms with Crippen molar-refractivity contribution in [2.45, 2.75) is 11.4 Å². The van der Waals surface area contributed by atoms with Gasteiger partial charge in [-0.15, -0.1) is 0 Å². The van der Waals surface area contributed by atoms with E-state index in [1.54, 1.807) is 24.3 Å². The third-order valence-electron chi connectivity index (χ3n) is 5.53. The van der Waals surface area contributed by atoms with Gasteiger partial charge >= 0.3 is 0 Å². The van der Waals surface area contributed by atoms with Crippen LogP contribution in [0.3, 0.4) is 0 Å². The van der Waals surface area contributed by atoms with E-state index in [-0.39, 0.29) is 23.9 Å². The van der Waals surface area contributed by atoms with Gasteiger partial charge in [0.1, 0.15) is 4.90 Å². The second-order valence-electron chi connectivity index (χ2n) is 7.61. The average Bonchev–Trinajstić information content (AvgIpc) is 2.84. The number of rotatable bonds is 6. The molecule has 2 aromatic carbocycles. The molecule has 2 saturated heterocycles. The Morgan fingerprint density at radius 1 is 0.938 bits per heavy atom. The Kier molecular flexibility index (Phi) is 7.32. The number of sulfonamides is 1. The zero-order valence-corrected chi connectivity index (χ0v) is 19.2. The van der Waals surface area contributed by atoms with Crippen LogP contribution in [0, 0.1) is 0 Å². The van der Waals surface area contributed by atoms with Crippen molar-refractivity contribution >= 4 is 33.2 Å². The maximum Gasteiger partial charge on any atom is 0.251 e. The first-order valence-electron chi connectivity index (χ1n) is 10.5. The number of carbonyl (C=O) groups excluding carboxylic acids is 1. The lowest BCUT2D eigenvalue weighted by Crippen LogP contribution is -2.42. The molecule has 0 aromatic heterocycles. The fourth-order valence-electron chi connectivity index (χ4n) is 3.74. The number of anilines is 1. The van der Waals surface area contributed by atoms with E-state index in [0.717, 1.165) is 5.56 Å². The molecule has 2 aliphatic rings. The van der Waals surface area contributed by atoms with Gasteiger partial charge in [0.25, 0.3) is 5.91 Å². The van der Waals surface area contributed by atoms with Crippen LogP contribution in [0.2, 0.25) is 5.02 Å². The molecule has 0 radical (unpaired) electrons. The molecule has 0 unspecified atom stereocenters. The first-order valence-corrected chi connectivity index (χ1v) is 12.3. The number of ether oxygens (including phenoxy) is 2. The molecule has 10 heteroatoms. The lowest BCUT2D eigenvalue weighted by molar-refractivity contribution is 0.0730. The number of hydrogen-bond acceptors (Lipinski definition) is 6. The summed E-state index contributed by atoms with van der Waals surface area (Å²) in [6.07, 6.45) is 0. The second kappa shape index (κ2) is 10.2. The maximum absolute atomic E-state index is 13.5. The Bertz CT molecular complexity index is 1050. The fraction of sp³-hybridized carbons (Fsp3) is 0.409. The van der Waals surface area contributed by atoms with Crippen molar-refractivity contribution in [1.82, 2.24) is 9.62 Å². The molecule has 1 amide bonds. The van der Waals surface area contributed by atoms with E-state index in [0.29, 0.717) is 62.3 Å². The standard InChI is InChI=1S/C22H26ClN3O5S/c23-19-4-1-17(2-5-19)16-24-22(27)18-3-6-20(25-7-11-30-12-8-25)21(15-18)32(28,29)26-9-13-31-14-10-26/h1-6,15H,7-14,16H2,(H,24,27). The zero-order valence-electron chi connectivity index (χ0n) is 17.6. The minimum absolute atomic E-state index is 0.139. The predicted octanol–water partition coefficient (Wildman–Crippen LogP) is 2.13. The van der Waals surface area contributed by atoms with Crippen molar-refractivity contribution in [2.75, 3.05) is 57.5 Å². The molecular formula is C22H26ClN3O5S. The zero-order chi connectivity index (χ0) is 22.6. The summed E-state index contributed by atoms with van der Waals surface area (Å²) in [5.74, 6) is -0.341. The van der Waals surface area contributed by atoms with Crippen molar-refractivity contribution in [1.29, 1.82) is 0 Å². The molecule has 0 aliphatic carbocycles. The minimum Gasteiger partial charge on any atom is -0.379 e. The Balaban J connectivity index is 1.61. The Labute approximate surface area is 193 Å². The number of nitrogens with one attached hydrogen (secondary N) is 1. The topological polar surface area (TPSA) is 88.2 Å². The maximum atomic E-state index is 13.5. The molecule has 0 spiro atoms. The first-order chi connectivity index (χ1) is 15.4. The quantitative estimate of drug-likeness (QED) is 0.683. The molecule has 2 aliphatic heterocycles. The molecule has 0 bridgehead atoms. The molecular weight excluding hydrogens is 454 g/mol. The first kappa shape index (κ1) is 23.0. The molecule has 1 N–H and O–H groups in total. The van der Waals surface area contributed by atoms with Gasteiger partial charge in [-0.2, -0.15) is 4.31 Å². The highest BCUT2D eigenvalue weighted by molar-refractivity contribution is 7.89. The summed E-state index contributed by atoms with van der Waals surface area (Å²) in [7, 11) is -3.79. The fourth-order valence-corrected chi connectivity index (χ4v) is 5.51. The van der Waals surface area contributed by atoms with Gasteiger partial charge in [0.15, 0.2) is 0 Å². The number of benzene rings is 2. The van der Waals surface area contributed by atoms with Crippen molar-refractivity contribution < 1.29 is 22.7 Å². The average molecular weight is 480 g/mol. The highest BCUT2D eigenvalue weighted by Crippen LogP contribution is 2.30. The van der Waals surface area contributed by atoms with E-state index in [1.165, 1.54) is 10.4 Å². The van der Waals surface area contributed by atoms with Gasteiger partial charge in [0.2, 0.25) is 10.0 Å². The minimum atomic E-state index is -3.79. The molecule has 2 heterocycles. The summed E-state index contributed by atoms with van der Waals surface area (Å²) in [5, 5.41) is 3.47. The van der Waals surface area contributed by atoms with Crippen LogP contribution in [0.4, 0.5) is 5.69 Å². The largest absolute Gasteiger partial charge is 0.379 e. The predicted molar refractivity (Wildman–Crippen MR) is 122 cm³/mol. The van der Waals surface area contributed by atoms with Gasteiger partial charge in [-0.05, 0) is 35.9 Å². The van der Waals surface area contributed by atoms with Crippen LogP contribution in [-0.4, -0.2) is 71.2 Å². The van der Waals surface area contributed by atoms with Gasteiger partial charge in [-0.25, -0.2) is 8.42 Å². The third kappa shape index (κ3) is 5.24. The highest BCUT2D eigenvalue weighted by atomic mass is 35.5. The summed E-state index contributed by atoms with van der Waals surface area (Å²) in [6.45, 7) is 3.84. The molecule has 4 rings (SSSR count). The van der Waals surface area contributed by atoms with E-state index >= 15 is 0 Å². The highest BCUT2D eigenvalue weighted by Gasteiger charge is 2.31. The van der Waals surface area contributed by atoms with Crippen molar-refractivity contribution in [3.05, 3.63) is 58.6 Å². The molecule has 2 aromatic rings. The number of morpholine rings is 2. The smallest absolute Gasteiger partial charge is 0.251 e. The summed E-state index contributed by atoms with van der Waals surface area (Å²) >= 11 is 5.91. The van der Waals surface area contributed by atoms with Crippen molar-refractivity contribution in [2.24, 2.45) is 0 Å². The number of halogens is 1. The lowest BCUT2D eigenvalue weighted by Gasteiger charge is -2.32. The van der Waals surface area contributed by atoms with Crippen LogP contribution < -0.4 is 10.2 Å². The Hall–Kier alpha value is -2.17. The third-order valence-corrected chi connectivity index (χ3v) is 7.71. The number of carbonyl (C=O) groups is 1. The molecule has 32 heavy (non-hydrogen) atoms. The monoisotopic (exact) mass is 479 g/mol. The summed E-state index contributed by atoms with van der Waals surface area (Å²) in [4.78, 5) is 15.0. The van der Waals surface area contributed by atoms with E-state index in [9.17, 15) is 13.2 Å². The van der Waals surface area contributed by atoms with Crippen LogP contribution in [-0.2, 0) is 26.0 Å². The molecule has 172 valence electrons. The van der Waals surface area contributed by atoms with Crippen LogP contribution in [0.5, 0.6) is 0 Å². The van der Waals surface area contributed by atoms with Crippen LogP contribution in [0.25, 0.3) is 0 Å². The molecule has 0 saturated carbocycles. The summed E-state index contributed by atoms with van der Waals surface area (Å²) in [5.41, 5.74) is 1.78. The van der Waals surface area contributed by atoms with E-state index < -0.39 is 10.0 Å². The van der Waals surface area contributed by atoms with Crippen LogP contribution >= 0.6 is 11.6 Å². The number of nitrogens with zero attached hydrogens (tertiary/aromatic N) is 2. The number of amides is 1. The van der Waals surface area contributed by atoms with Crippen LogP contribution in [0.15, 0.2) is 47.4 Å². The van der Waals surface area contributed by atoms with Crippen molar-refractivity contribution in [3.8, 4) is 0 Å². The summed E-state index contributed by atoms with van der Waals surface area (Å²) in [6, 6.07) is 12.0. The van der Waals surface area contributed by atoms with E-state index in [1.807, 2.05) is 17.0 Å². The van der Waals surface area contributed by atoms with Gasteiger partial charge < -0.3 is 19.7 Å². The SMILES string of the molecule is O=C(NCc1ccc(Cl)cc1)c1ccc(N2CCOCC2)c(S(=O)(=O)N2CCOCC2)c1. The molecule has 2 fully saturated rings.